The summed E-state index contributed by atoms with van der Waals surface area (Å²) in [4.78, 5) is 8.46. The third-order valence-electron chi connectivity index (χ3n) is 2.60. The normalized spacial score (nSPS) is 10.4. The quantitative estimate of drug-likeness (QED) is 0.716. The number of hydrogen-bond donors (Lipinski definition) is 0. The van der Waals surface area contributed by atoms with Gasteiger partial charge in [-0.3, -0.25) is 4.98 Å². The van der Waals surface area contributed by atoms with Crippen LogP contribution in [0.1, 0.15) is 0 Å². The van der Waals surface area contributed by atoms with E-state index in [1.54, 1.807) is 12.4 Å². The fourth-order valence-electron chi connectivity index (χ4n) is 1.64. The van der Waals surface area contributed by atoms with Crippen LogP contribution in [-0.2, 0) is 0 Å². The molecule has 0 aliphatic heterocycles. The van der Waals surface area contributed by atoms with Crippen LogP contribution in [0.3, 0.4) is 0 Å². The van der Waals surface area contributed by atoms with Crippen LogP contribution in [0.2, 0.25) is 5.02 Å². The van der Waals surface area contributed by atoms with Crippen LogP contribution in [0, 0.1) is 0 Å². The van der Waals surface area contributed by atoms with Crippen molar-refractivity contribution in [1.82, 2.24) is 20.2 Å². The van der Waals surface area contributed by atoms with Gasteiger partial charge in [-0.05, 0) is 24.3 Å². The second-order valence-electron chi connectivity index (χ2n) is 3.89. The summed E-state index contributed by atoms with van der Waals surface area (Å²) < 4.78 is 0. The second-order valence-corrected chi connectivity index (χ2v) is 4.33. The molecule has 2 aromatic heterocycles. The molecule has 0 N–H and O–H groups in total. The zero-order valence-corrected chi connectivity index (χ0v) is 10.6. The topological polar surface area (TPSA) is 51.6 Å². The Labute approximate surface area is 115 Å². The lowest BCUT2D eigenvalue weighted by Crippen LogP contribution is -1.95. The second kappa shape index (κ2) is 5.12. The molecule has 3 rings (SSSR count). The first kappa shape index (κ1) is 11.7. The monoisotopic (exact) mass is 268 g/mol. The average Bonchev–Trinajstić information content (AvgIpc) is 2.49. The molecule has 3 aromatic rings. The maximum atomic E-state index is 5.84. The van der Waals surface area contributed by atoms with Gasteiger partial charge in [-0.15, -0.1) is 10.2 Å². The maximum absolute atomic E-state index is 5.84. The number of benzene rings is 1. The summed E-state index contributed by atoms with van der Waals surface area (Å²) in [5, 5.41) is 8.94. The maximum Gasteiger partial charge on any atom is 0.200 e. The predicted molar refractivity (Wildman–Crippen MR) is 73.5 cm³/mol. The molecule has 0 spiro atoms. The predicted octanol–water partition coefficient (Wildman–Crippen LogP) is 3.25. The molecule has 0 aliphatic carbocycles. The highest BCUT2D eigenvalue weighted by molar-refractivity contribution is 6.30. The summed E-state index contributed by atoms with van der Waals surface area (Å²) in [5.74, 6) is 0.512. The number of aromatic nitrogens is 4. The number of nitrogens with zero attached hydrogens (tertiary/aromatic N) is 4. The fraction of sp³-hybridized carbons (Fsp3) is 0. The summed E-state index contributed by atoms with van der Waals surface area (Å²) in [5.41, 5.74) is 2.34. The van der Waals surface area contributed by atoms with E-state index in [1.807, 2.05) is 42.5 Å². The third-order valence-corrected chi connectivity index (χ3v) is 2.85. The minimum atomic E-state index is 0.512. The van der Waals surface area contributed by atoms with Crippen molar-refractivity contribution in [1.29, 1.82) is 0 Å². The van der Waals surface area contributed by atoms with Crippen LogP contribution in [0.5, 0.6) is 0 Å². The third kappa shape index (κ3) is 2.58. The summed E-state index contributed by atoms with van der Waals surface area (Å²) in [7, 11) is 0. The highest BCUT2D eigenvalue weighted by atomic mass is 35.5. The molecule has 0 radical (unpaired) electrons. The van der Waals surface area contributed by atoms with E-state index >= 15 is 0 Å². The number of rotatable bonds is 2. The zero-order chi connectivity index (χ0) is 13.1. The van der Waals surface area contributed by atoms with Crippen molar-refractivity contribution in [2.75, 3.05) is 0 Å². The molecule has 1 aromatic carbocycles. The molecule has 0 saturated carbocycles. The summed E-state index contributed by atoms with van der Waals surface area (Å²) in [6, 6.07) is 13.0. The Kier molecular flexibility index (Phi) is 3.16. The first-order chi connectivity index (χ1) is 9.33. The van der Waals surface area contributed by atoms with Gasteiger partial charge in [0.2, 0.25) is 0 Å². The summed E-state index contributed by atoms with van der Waals surface area (Å²) in [6.07, 6.45) is 3.38. The van der Waals surface area contributed by atoms with Crippen molar-refractivity contribution in [2.24, 2.45) is 0 Å². The van der Waals surface area contributed by atoms with Gasteiger partial charge in [0.25, 0.3) is 0 Å². The van der Waals surface area contributed by atoms with Crippen LogP contribution >= 0.6 is 11.6 Å². The minimum absolute atomic E-state index is 0.512. The Bertz CT molecular complexity index is 666. The van der Waals surface area contributed by atoms with E-state index in [9.17, 15) is 0 Å². The Morgan fingerprint density at radius 3 is 2.26 bits per heavy atom. The lowest BCUT2D eigenvalue weighted by atomic mass is 10.2. The molecule has 92 valence electrons. The van der Waals surface area contributed by atoms with E-state index in [4.69, 9.17) is 11.6 Å². The van der Waals surface area contributed by atoms with E-state index < -0.39 is 0 Å². The number of pyridine rings is 1. The van der Waals surface area contributed by atoms with Gasteiger partial charge < -0.3 is 0 Å². The van der Waals surface area contributed by atoms with Crippen LogP contribution < -0.4 is 0 Å². The summed E-state index contributed by atoms with van der Waals surface area (Å²) in [6.45, 7) is 0. The molecule has 0 aliphatic rings. The molecule has 0 bridgehead atoms. The van der Waals surface area contributed by atoms with Crippen molar-refractivity contribution in [3.05, 3.63) is 59.9 Å². The Morgan fingerprint density at radius 1 is 0.789 bits per heavy atom. The molecule has 0 unspecified atom stereocenters. The van der Waals surface area contributed by atoms with E-state index in [0.29, 0.717) is 22.2 Å². The average molecular weight is 269 g/mol. The van der Waals surface area contributed by atoms with Crippen molar-refractivity contribution in [3.63, 3.8) is 0 Å². The SMILES string of the molecule is Clc1ccc(-c2cnc(-c3ccccn3)nn2)cc1. The number of halogens is 1. The molecule has 5 heteroatoms. The number of hydrogen-bond acceptors (Lipinski definition) is 4. The molecular weight excluding hydrogens is 260 g/mol. The van der Waals surface area contributed by atoms with Gasteiger partial charge >= 0.3 is 0 Å². The molecule has 0 atom stereocenters. The Morgan fingerprint density at radius 2 is 1.63 bits per heavy atom. The van der Waals surface area contributed by atoms with Crippen LogP contribution in [-0.4, -0.2) is 20.2 Å². The first-order valence-electron chi connectivity index (χ1n) is 5.70. The van der Waals surface area contributed by atoms with Gasteiger partial charge in [0.05, 0.1) is 6.20 Å². The molecule has 0 fully saturated rings. The van der Waals surface area contributed by atoms with Crippen molar-refractivity contribution in [2.45, 2.75) is 0 Å². The van der Waals surface area contributed by atoms with E-state index in [2.05, 4.69) is 20.2 Å². The van der Waals surface area contributed by atoms with Crippen molar-refractivity contribution >= 4 is 11.6 Å². The lowest BCUT2D eigenvalue weighted by Gasteiger charge is -2.01. The molecule has 2 heterocycles. The van der Waals surface area contributed by atoms with Crippen LogP contribution in [0.4, 0.5) is 0 Å². The van der Waals surface area contributed by atoms with Gasteiger partial charge in [0.15, 0.2) is 5.82 Å². The van der Waals surface area contributed by atoms with E-state index in [-0.39, 0.29) is 0 Å². The highest BCUT2D eigenvalue weighted by Crippen LogP contribution is 2.19. The standard InChI is InChI=1S/C14H9ClN4/c15-11-6-4-10(5-7-11)13-9-17-14(19-18-13)12-3-1-2-8-16-12/h1-9H. The first-order valence-corrected chi connectivity index (χ1v) is 6.08. The van der Waals surface area contributed by atoms with Crippen LogP contribution in [0.25, 0.3) is 22.8 Å². The molecule has 19 heavy (non-hydrogen) atoms. The zero-order valence-electron chi connectivity index (χ0n) is 9.86. The van der Waals surface area contributed by atoms with Crippen molar-refractivity contribution in [3.8, 4) is 22.8 Å². The van der Waals surface area contributed by atoms with Gasteiger partial charge in [0, 0.05) is 16.8 Å². The molecule has 0 saturated heterocycles. The van der Waals surface area contributed by atoms with Crippen molar-refractivity contribution < 1.29 is 0 Å². The van der Waals surface area contributed by atoms with Gasteiger partial charge in [-0.25, -0.2) is 4.98 Å². The molecule has 4 nitrogen and oxygen atoms in total. The summed E-state index contributed by atoms with van der Waals surface area (Å²) >= 11 is 5.84. The molecular formula is C14H9ClN4. The Balaban J connectivity index is 1.93. The Hall–Kier alpha value is -2.33. The fourth-order valence-corrected chi connectivity index (χ4v) is 1.77. The smallest absolute Gasteiger partial charge is 0.200 e. The van der Waals surface area contributed by atoms with Gasteiger partial charge in [-0.1, -0.05) is 29.8 Å². The van der Waals surface area contributed by atoms with Gasteiger partial charge in [-0.2, -0.15) is 0 Å². The highest BCUT2D eigenvalue weighted by Gasteiger charge is 2.05. The lowest BCUT2D eigenvalue weighted by molar-refractivity contribution is 0.977. The molecule has 0 amide bonds. The van der Waals surface area contributed by atoms with E-state index in [1.165, 1.54) is 0 Å². The van der Waals surface area contributed by atoms with E-state index in [0.717, 1.165) is 5.56 Å². The minimum Gasteiger partial charge on any atom is -0.253 e. The largest absolute Gasteiger partial charge is 0.253 e. The van der Waals surface area contributed by atoms with Gasteiger partial charge in [0.1, 0.15) is 11.4 Å². The van der Waals surface area contributed by atoms with Crippen LogP contribution in [0.15, 0.2) is 54.9 Å².